The molecule has 0 atom stereocenters. The third-order valence-corrected chi connectivity index (χ3v) is 3.83. The lowest BCUT2D eigenvalue weighted by Gasteiger charge is -2.08. The molecule has 102 valence electrons. The number of nitrogens with zero attached hydrogens (tertiary/aromatic N) is 1. The van der Waals surface area contributed by atoms with Crippen molar-refractivity contribution in [3.63, 3.8) is 0 Å². The van der Waals surface area contributed by atoms with Gasteiger partial charge in [0, 0.05) is 32.5 Å². The predicted molar refractivity (Wildman–Crippen MR) is 79.7 cm³/mol. The number of amidine groups is 1. The summed E-state index contributed by atoms with van der Waals surface area (Å²) in [5, 5.41) is 18.6. The van der Waals surface area contributed by atoms with Gasteiger partial charge in [-0.15, -0.1) is 0 Å². The number of hydrogen-bond acceptors (Lipinski definition) is 4. The van der Waals surface area contributed by atoms with Gasteiger partial charge in [0.2, 0.25) is 0 Å². The van der Waals surface area contributed by atoms with Gasteiger partial charge >= 0.3 is 0 Å². The summed E-state index contributed by atoms with van der Waals surface area (Å²) in [7, 11) is 0. The van der Waals surface area contributed by atoms with Crippen LogP contribution in [-0.4, -0.2) is 10.8 Å². The molecule has 0 unspecified atom stereocenters. The Morgan fingerprint density at radius 2 is 1.90 bits per heavy atom. The molecule has 5 nitrogen and oxygen atoms in total. The molecule has 0 fully saturated rings. The van der Waals surface area contributed by atoms with Crippen LogP contribution in [0.1, 0.15) is 5.56 Å². The minimum Gasteiger partial charge on any atom is -0.384 e. The Balaban J connectivity index is 2.30. The van der Waals surface area contributed by atoms with Crippen molar-refractivity contribution in [3.8, 4) is 0 Å². The normalized spacial score (nSPS) is 10.2. The number of benzene rings is 2. The van der Waals surface area contributed by atoms with E-state index in [4.69, 9.17) is 22.7 Å². The zero-order valence-electron chi connectivity index (χ0n) is 10.2. The summed E-state index contributed by atoms with van der Waals surface area (Å²) in [6.45, 7) is 0. The molecule has 0 aliphatic carbocycles. The Hall–Kier alpha value is -2.05. The Labute approximate surface area is 124 Å². The lowest BCUT2D eigenvalue weighted by molar-refractivity contribution is -0.384. The molecule has 0 heterocycles. The number of nitrogens with two attached hydrogens (primary N) is 1. The van der Waals surface area contributed by atoms with Gasteiger partial charge in [0.25, 0.3) is 5.69 Å². The van der Waals surface area contributed by atoms with Crippen LogP contribution in [-0.2, 0) is 0 Å². The van der Waals surface area contributed by atoms with Gasteiger partial charge < -0.3 is 5.73 Å². The first-order chi connectivity index (χ1) is 9.47. The molecule has 0 spiro atoms. The summed E-state index contributed by atoms with van der Waals surface area (Å²) in [4.78, 5) is 11.7. The fourth-order valence-corrected chi connectivity index (χ4v) is 2.68. The summed E-state index contributed by atoms with van der Waals surface area (Å²) >= 11 is 7.25. The SMILES string of the molecule is N=C(N)c1cc(Cl)ccc1Sc1ccc([N+](=O)[O-])cc1. The molecule has 3 N–H and O–H groups in total. The van der Waals surface area contributed by atoms with Crippen molar-refractivity contribution >= 4 is 34.9 Å². The van der Waals surface area contributed by atoms with Crippen LogP contribution >= 0.6 is 23.4 Å². The van der Waals surface area contributed by atoms with Crippen LogP contribution in [0.5, 0.6) is 0 Å². The van der Waals surface area contributed by atoms with Crippen LogP contribution < -0.4 is 5.73 Å². The third kappa shape index (κ3) is 3.28. The maximum atomic E-state index is 10.6. The Morgan fingerprint density at radius 3 is 2.45 bits per heavy atom. The van der Waals surface area contributed by atoms with Crippen LogP contribution in [0.3, 0.4) is 0 Å². The second-order valence-corrected chi connectivity index (χ2v) is 5.46. The Kier molecular flexibility index (Phi) is 4.26. The fourth-order valence-electron chi connectivity index (χ4n) is 1.56. The van der Waals surface area contributed by atoms with Crippen molar-refractivity contribution in [1.82, 2.24) is 0 Å². The van der Waals surface area contributed by atoms with E-state index in [0.717, 1.165) is 9.79 Å². The van der Waals surface area contributed by atoms with Crippen LogP contribution in [0, 0.1) is 15.5 Å². The number of nitrogen functional groups attached to an aromatic ring is 1. The van der Waals surface area contributed by atoms with Crippen molar-refractivity contribution in [1.29, 1.82) is 5.41 Å². The van der Waals surface area contributed by atoms with Gasteiger partial charge in [-0.3, -0.25) is 15.5 Å². The Bertz CT molecular complexity index is 674. The molecule has 0 aliphatic rings. The number of non-ortho nitro benzene ring substituents is 1. The number of nitrogens with one attached hydrogen (secondary N) is 1. The van der Waals surface area contributed by atoms with Crippen LogP contribution in [0.4, 0.5) is 5.69 Å². The second kappa shape index (κ2) is 5.94. The topological polar surface area (TPSA) is 93.0 Å². The van der Waals surface area contributed by atoms with Gasteiger partial charge in [0.05, 0.1) is 4.92 Å². The molecule has 0 radical (unpaired) electrons. The minimum absolute atomic E-state index is 0.0391. The lowest BCUT2D eigenvalue weighted by atomic mass is 10.2. The van der Waals surface area contributed by atoms with Gasteiger partial charge in [-0.05, 0) is 30.3 Å². The molecule has 0 saturated heterocycles. The zero-order valence-corrected chi connectivity index (χ0v) is 11.7. The van der Waals surface area contributed by atoms with Crippen LogP contribution in [0.25, 0.3) is 0 Å². The van der Waals surface area contributed by atoms with E-state index in [-0.39, 0.29) is 11.5 Å². The van der Waals surface area contributed by atoms with Crippen molar-refractivity contribution < 1.29 is 4.92 Å². The van der Waals surface area contributed by atoms with E-state index in [1.54, 1.807) is 30.3 Å². The quantitative estimate of drug-likeness (QED) is 0.390. The standard InChI is InChI=1S/C13H10ClN3O2S/c14-8-1-6-12(11(7-8)13(15)16)20-10-4-2-9(3-5-10)17(18)19/h1-7H,(H3,15,16). The van der Waals surface area contributed by atoms with E-state index in [9.17, 15) is 10.1 Å². The molecule has 0 bridgehead atoms. The summed E-state index contributed by atoms with van der Waals surface area (Å²) in [6, 6.07) is 11.3. The monoisotopic (exact) mass is 307 g/mol. The van der Waals surface area contributed by atoms with Gasteiger partial charge in [0.15, 0.2) is 0 Å². The Morgan fingerprint density at radius 1 is 1.25 bits per heavy atom. The number of hydrogen-bond donors (Lipinski definition) is 2. The van der Waals surface area contributed by atoms with Gasteiger partial charge in [-0.2, -0.15) is 0 Å². The van der Waals surface area contributed by atoms with Gasteiger partial charge in [-0.1, -0.05) is 23.4 Å². The summed E-state index contributed by atoms with van der Waals surface area (Å²) in [5.41, 5.74) is 6.10. The van der Waals surface area contributed by atoms with E-state index in [0.29, 0.717) is 10.6 Å². The molecule has 0 saturated carbocycles. The molecule has 20 heavy (non-hydrogen) atoms. The average molecular weight is 308 g/mol. The number of rotatable bonds is 4. The first-order valence-electron chi connectivity index (χ1n) is 5.53. The highest BCUT2D eigenvalue weighted by molar-refractivity contribution is 7.99. The number of nitro benzene ring substituents is 1. The first kappa shape index (κ1) is 14.4. The molecule has 0 aliphatic heterocycles. The average Bonchev–Trinajstić information content (AvgIpc) is 2.41. The maximum absolute atomic E-state index is 10.6. The van der Waals surface area contributed by atoms with Crippen molar-refractivity contribution in [2.24, 2.45) is 5.73 Å². The fraction of sp³-hybridized carbons (Fsp3) is 0. The highest BCUT2D eigenvalue weighted by Gasteiger charge is 2.09. The summed E-state index contributed by atoms with van der Waals surface area (Å²) in [6.07, 6.45) is 0. The summed E-state index contributed by atoms with van der Waals surface area (Å²) in [5.74, 6) is -0.0723. The first-order valence-corrected chi connectivity index (χ1v) is 6.73. The van der Waals surface area contributed by atoms with Crippen molar-refractivity contribution in [2.75, 3.05) is 0 Å². The van der Waals surface area contributed by atoms with E-state index in [2.05, 4.69) is 0 Å². The van der Waals surface area contributed by atoms with Crippen molar-refractivity contribution in [3.05, 3.63) is 63.2 Å². The van der Waals surface area contributed by atoms with Crippen molar-refractivity contribution in [2.45, 2.75) is 9.79 Å². The van der Waals surface area contributed by atoms with E-state index < -0.39 is 4.92 Å². The smallest absolute Gasteiger partial charge is 0.269 e. The highest BCUT2D eigenvalue weighted by Crippen LogP contribution is 2.32. The molecule has 2 aromatic rings. The van der Waals surface area contributed by atoms with E-state index in [1.165, 1.54) is 23.9 Å². The zero-order chi connectivity index (χ0) is 14.7. The van der Waals surface area contributed by atoms with E-state index >= 15 is 0 Å². The maximum Gasteiger partial charge on any atom is 0.269 e. The van der Waals surface area contributed by atoms with Crippen LogP contribution in [0.2, 0.25) is 5.02 Å². The second-order valence-electron chi connectivity index (χ2n) is 3.91. The largest absolute Gasteiger partial charge is 0.384 e. The lowest BCUT2D eigenvalue weighted by Crippen LogP contribution is -2.12. The molecular weight excluding hydrogens is 298 g/mol. The predicted octanol–water partition coefficient (Wildman–Crippen LogP) is 3.68. The minimum atomic E-state index is -0.447. The molecule has 0 aromatic heterocycles. The van der Waals surface area contributed by atoms with Crippen LogP contribution in [0.15, 0.2) is 52.3 Å². The van der Waals surface area contributed by atoms with Gasteiger partial charge in [0.1, 0.15) is 5.84 Å². The highest BCUT2D eigenvalue weighted by atomic mass is 35.5. The molecule has 0 amide bonds. The molecular formula is C13H10ClN3O2S. The number of halogens is 1. The van der Waals surface area contributed by atoms with Gasteiger partial charge in [-0.25, -0.2) is 0 Å². The molecule has 7 heteroatoms. The molecule has 2 aromatic carbocycles. The summed E-state index contributed by atoms with van der Waals surface area (Å²) < 4.78 is 0. The van der Waals surface area contributed by atoms with E-state index in [1.807, 2.05) is 0 Å². The third-order valence-electron chi connectivity index (χ3n) is 2.51. The molecule has 2 rings (SSSR count). The number of nitro groups is 1.